The predicted molar refractivity (Wildman–Crippen MR) is 90.5 cm³/mol. The van der Waals surface area contributed by atoms with Gasteiger partial charge < -0.3 is 5.32 Å². The fourth-order valence-electron chi connectivity index (χ4n) is 2.29. The quantitative estimate of drug-likeness (QED) is 0.888. The van der Waals surface area contributed by atoms with Crippen molar-refractivity contribution in [1.82, 2.24) is 9.62 Å². The van der Waals surface area contributed by atoms with Gasteiger partial charge in [-0.05, 0) is 30.9 Å². The Kier molecular flexibility index (Phi) is 5.03. The van der Waals surface area contributed by atoms with E-state index in [1.165, 1.54) is 24.8 Å². The summed E-state index contributed by atoms with van der Waals surface area (Å²) in [6, 6.07) is 8.50. The Bertz CT molecular complexity index is 720. The van der Waals surface area contributed by atoms with E-state index in [2.05, 4.69) is 31.3 Å². The van der Waals surface area contributed by atoms with Crippen molar-refractivity contribution in [2.75, 3.05) is 26.4 Å². The van der Waals surface area contributed by atoms with Crippen molar-refractivity contribution < 1.29 is 8.42 Å². The van der Waals surface area contributed by atoms with Crippen LogP contribution in [0.15, 0.2) is 24.3 Å². The topological polar surface area (TPSA) is 49.4 Å². The SMILES string of the molecule is Cc1c(C(C)NCCS(=O)(=O)N(C)C)sc2ccccc12. The number of thiophene rings is 1. The molecule has 6 heteroatoms. The molecule has 4 nitrogen and oxygen atoms in total. The second-order valence-corrected chi connectivity index (χ2v) is 8.75. The molecule has 0 saturated carbocycles. The molecule has 0 spiro atoms. The van der Waals surface area contributed by atoms with E-state index in [1.54, 1.807) is 25.4 Å². The summed E-state index contributed by atoms with van der Waals surface area (Å²) in [6.45, 7) is 4.66. The summed E-state index contributed by atoms with van der Waals surface area (Å²) >= 11 is 1.77. The molecule has 21 heavy (non-hydrogen) atoms. The molecular weight excluding hydrogens is 304 g/mol. The van der Waals surface area contributed by atoms with Crippen LogP contribution in [0.25, 0.3) is 10.1 Å². The largest absolute Gasteiger partial charge is 0.308 e. The lowest BCUT2D eigenvalue weighted by molar-refractivity contribution is 0.513. The van der Waals surface area contributed by atoms with Crippen LogP contribution in [0.1, 0.15) is 23.4 Å². The smallest absolute Gasteiger partial charge is 0.214 e. The van der Waals surface area contributed by atoms with Crippen LogP contribution < -0.4 is 5.32 Å². The lowest BCUT2D eigenvalue weighted by Gasteiger charge is -2.15. The van der Waals surface area contributed by atoms with E-state index in [-0.39, 0.29) is 11.8 Å². The summed E-state index contributed by atoms with van der Waals surface area (Å²) in [5.74, 6) is 0.119. The molecule has 1 atom stereocenters. The Morgan fingerprint density at radius 2 is 1.95 bits per heavy atom. The van der Waals surface area contributed by atoms with Gasteiger partial charge in [0.25, 0.3) is 0 Å². The molecule has 0 aliphatic rings. The standard InChI is InChI=1S/C15H22N2O2S2/c1-11-13-7-5-6-8-14(13)20-15(11)12(2)16-9-10-21(18,19)17(3)4/h5-8,12,16H,9-10H2,1-4H3. The highest BCUT2D eigenvalue weighted by atomic mass is 32.2. The highest BCUT2D eigenvalue weighted by Gasteiger charge is 2.16. The van der Waals surface area contributed by atoms with Gasteiger partial charge in [-0.25, -0.2) is 12.7 Å². The molecule has 116 valence electrons. The van der Waals surface area contributed by atoms with Gasteiger partial charge in [0.05, 0.1) is 5.75 Å². The number of aryl methyl sites for hydroxylation is 1. The zero-order valence-corrected chi connectivity index (χ0v) is 14.5. The number of benzene rings is 1. The maximum Gasteiger partial charge on any atom is 0.214 e. The number of hydrogen-bond acceptors (Lipinski definition) is 4. The minimum absolute atomic E-state index is 0.119. The Morgan fingerprint density at radius 3 is 2.57 bits per heavy atom. The second-order valence-electron chi connectivity index (χ2n) is 5.36. The zero-order valence-electron chi connectivity index (χ0n) is 12.9. The molecule has 0 fully saturated rings. The minimum atomic E-state index is -3.14. The Labute approximate surface area is 130 Å². The molecule has 2 rings (SSSR count). The number of nitrogens with zero attached hydrogens (tertiary/aromatic N) is 1. The van der Waals surface area contributed by atoms with Crippen molar-refractivity contribution in [3.8, 4) is 0 Å². The van der Waals surface area contributed by atoms with Gasteiger partial charge in [0.1, 0.15) is 0 Å². The second kappa shape index (κ2) is 6.44. The first kappa shape index (κ1) is 16.4. The molecule has 1 unspecified atom stereocenters. The Hall–Kier alpha value is -0.950. The number of nitrogens with one attached hydrogen (secondary N) is 1. The van der Waals surface area contributed by atoms with Gasteiger partial charge in [0.2, 0.25) is 10.0 Å². The van der Waals surface area contributed by atoms with E-state index in [0.717, 1.165) is 0 Å². The fraction of sp³-hybridized carbons (Fsp3) is 0.467. The van der Waals surface area contributed by atoms with Crippen LogP contribution in [0.2, 0.25) is 0 Å². The maximum atomic E-state index is 11.7. The molecule has 0 saturated heterocycles. The molecule has 0 bridgehead atoms. The summed E-state index contributed by atoms with van der Waals surface area (Å²) in [5, 5.41) is 4.60. The molecule has 2 aromatic rings. The van der Waals surface area contributed by atoms with Crippen molar-refractivity contribution in [3.63, 3.8) is 0 Å². The maximum absolute atomic E-state index is 11.7. The third-order valence-corrected chi connectivity index (χ3v) is 6.93. The third-order valence-electron chi connectivity index (χ3n) is 3.64. The van der Waals surface area contributed by atoms with E-state index in [1.807, 2.05) is 12.1 Å². The lowest BCUT2D eigenvalue weighted by Crippen LogP contribution is -2.32. The van der Waals surface area contributed by atoms with Crippen LogP contribution in [0, 0.1) is 6.92 Å². The van der Waals surface area contributed by atoms with Gasteiger partial charge in [-0.15, -0.1) is 11.3 Å². The van der Waals surface area contributed by atoms with E-state index < -0.39 is 10.0 Å². The van der Waals surface area contributed by atoms with Crippen LogP contribution in [0.5, 0.6) is 0 Å². The first-order chi connectivity index (χ1) is 9.83. The van der Waals surface area contributed by atoms with Gasteiger partial charge in [-0.3, -0.25) is 0 Å². The van der Waals surface area contributed by atoms with E-state index in [4.69, 9.17) is 0 Å². The van der Waals surface area contributed by atoms with Gasteiger partial charge >= 0.3 is 0 Å². The average Bonchev–Trinajstić information content (AvgIpc) is 2.76. The summed E-state index contributed by atoms with van der Waals surface area (Å²) in [5.41, 5.74) is 1.28. The van der Waals surface area contributed by atoms with Crippen LogP contribution in [-0.4, -0.2) is 39.1 Å². The molecule has 1 heterocycles. The number of fused-ring (bicyclic) bond motifs is 1. The predicted octanol–water partition coefficient (Wildman–Crippen LogP) is 2.75. The summed E-state index contributed by atoms with van der Waals surface area (Å²) in [4.78, 5) is 1.28. The number of sulfonamides is 1. The average molecular weight is 326 g/mol. The fourth-order valence-corrected chi connectivity index (χ4v) is 4.26. The van der Waals surface area contributed by atoms with Crippen molar-refractivity contribution in [1.29, 1.82) is 0 Å². The van der Waals surface area contributed by atoms with E-state index in [0.29, 0.717) is 6.54 Å². The molecule has 0 radical (unpaired) electrons. The minimum Gasteiger partial charge on any atom is -0.308 e. The first-order valence-electron chi connectivity index (χ1n) is 6.94. The van der Waals surface area contributed by atoms with Crippen molar-refractivity contribution in [3.05, 3.63) is 34.7 Å². The Morgan fingerprint density at radius 1 is 1.29 bits per heavy atom. The highest BCUT2D eigenvalue weighted by Crippen LogP contribution is 2.34. The zero-order chi connectivity index (χ0) is 15.6. The lowest BCUT2D eigenvalue weighted by atomic mass is 10.1. The molecule has 0 aliphatic heterocycles. The van der Waals surface area contributed by atoms with Crippen molar-refractivity contribution in [2.45, 2.75) is 19.9 Å². The van der Waals surface area contributed by atoms with E-state index in [9.17, 15) is 8.42 Å². The van der Waals surface area contributed by atoms with Crippen molar-refractivity contribution >= 4 is 31.4 Å². The Balaban J connectivity index is 2.06. The normalized spacial score (nSPS) is 14.0. The summed E-state index contributed by atoms with van der Waals surface area (Å²) in [7, 11) is -0.00780. The van der Waals surface area contributed by atoms with Crippen LogP contribution in [0.4, 0.5) is 0 Å². The summed E-state index contributed by atoms with van der Waals surface area (Å²) in [6.07, 6.45) is 0. The number of hydrogen-bond donors (Lipinski definition) is 1. The van der Waals surface area contributed by atoms with Gasteiger partial charge in [0, 0.05) is 36.3 Å². The molecular formula is C15H22N2O2S2. The molecule has 0 aliphatic carbocycles. The van der Waals surface area contributed by atoms with Crippen LogP contribution in [0.3, 0.4) is 0 Å². The molecule has 1 aromatic heterocycles. The molecule has 0 amide bonds. The number of rotatable bonds is 6. The highest BCUT2D eigenvalue weighted by molar-refractivity contribution is 7.89. The van der Waals surface area contributed by atoms with Crippen molar-refractivity contribution in [2.24, 2.45) is 0 Å². The van der Waals surface area contributed by atoms with Gasteiger partial charge in [0.15, 0.2) is 0 Å². The monoisotopic (exact) mass is 326 g/mol. The first-order valence-corrected chi connectivity index (χ1v) is 9.37. The van der Waals surface area contributed by atoms with Gasteiger partial charge in [-0.2, -0.15) is 0 Å². The van der Waals surface area contributed by atoms with Crippen LogP contribution >= 0.6 is 11.3 Å². The summed E-state index contributed by atoms with van der Waals surface area (Å²) < 4.78 is 26.0. The third kappa shape index (κ3) is 3.63. The molecule has 1 N–H and O–H groups in total. The van der Waals surface area contributed by atoms with Gasteiger partial charge in [-0.1, -0.05) is 18.2 Å². The van der Waals surface area contributed by atoms with Crippen LogP contribution in [-0.2, 0) is 10.0 Å². The van der Waals surface area contributed by atoms with E-state index >= 15 is 0 Å². The molecule has 1 aromatic carbocycles.